The summed E-state index contributed by atoms with van der Waals surface area (Å²) in [6, 6.07) is 11.2. The molecule has 2 aromatic carbocycles. The van der Waals surface area contributed by atoms with Crippen molar-refractivity contribution in [1.82, 2.24) is 9.88 Å². The number of para-hydroxylation sites is 2. The predicted octanol–water partition coefficient (Wildman–Crippen LogP) is 3.15. The molecule has 1 aromatic heterocycles. The van der Waals surface area contributed by atoms with Crippen LogP contribution >= 0.6 is 11.3 Å². The van der Waals surface area contributed by atoms with Gasteiger partial charge in [-0.15, -0.1) is 0 Å². The molecule has 9 heteroatoms. The van der Waals surface area contributed by atoms with Gasteiger partial charge in [-0.2, -0.15) is 0 Å². The molecule has 0 saturated heterocycles. The molecule has 0 saturated carbocycles. The lowest BCUT2D eigenvalue weighted by Gasteiger charge is -2.29. The molecule has 2 aliphatic rings. The van der Waals surface area contributed by atoms with Crippen molar-refractivity contribution < 1.29 is 23.7 Å². The fourth-order valence-corrected chi connectivity index (χ4v) is 4.59. The highest BCUT2D eigenvalue weighted by Crippen LogP contribution is 2.40. The van der Waals surface area contributed by atoms with Gasteiger partial charge in [-0.3, -0.25) is 9.69 Å². The van der Waals surface area contributed by atoms with Gasteiger partial charge >= 0.3 is 0 Å². The molecule has 31 heavy (non-hydrogen) atoms. The first-order chi connectivity index (χ1) is 15.1. The van der Waals surface area contributed by atoms with Crippen LogP contribution in [-0.2, 0) is 4.79 Å². The quantitative estimate of drug-likeness (QED) is 0.582. The molecule has 8 nitrogen and oxygen atoms in total. The Bertz CT molecular complexity index is 1070. The molecule has 0 spiro atoms. The molecule has 0 aliphatic carbocycles. The van der Waals surface area contributed by atoms with Crippen molar-refractivity contribution in [1.29, 1.82) is 0 Å². The van der Waals surface area contributed by atoms with Gasteiger partial charge in [-0.25, -0.2) is 4.98 Å². The van der Waals surface area contributed by atoms with Gasteiger partial charge in [0.25, 0.3) is 5.91 Å². The Morgan fingerprint density at radius 3 is 2.65 bits per heavy atom. The molecule has 5 rings (SSSR count). The molecule has 1 amide bonds. The van der Waals surface area contributed by atoms with Crippen molar-refractivity contribution in [2.24, 2.45) is 0 Å². The van der Waals surface area contributed by atoms with Crippen LogP contribution in [0.25, 0.3) is 10.2 Å². The number of ether oxygens (including phenoxy) is 4. The van der Waals surface area contributed by atoms with Gasteiger partial charge in [-0.1, -0.05) is 23.5 Å². The van der Waals surface area contributed by atoms with E-state index in [-0.39, 0.29) is 19.3 Å². The van der Waals surface area contributed by atoms with Crippen LogP contribution in [0.3, 0.4) is 0 Å². The first-order valence-corrected chi connectivity index (χ1v) is 10.9. The zero-order valence-electron chi connectivity index (χ0n) is 17.4. The van der Waals surface area contributed by atoms with Crippen LogP contribution in [0.5, 0.6) is 23.0 Å². The maximum absolute atomic E-state index is 13.5. The smallest absolute Gasteiger partial charge is 0.273 e. The maximum Gasteiger partial charge on any atom is 0.273 e. The number of benzene rings is 2. The van der Waals surface area contributed by atoms with Crippen molar-refractivity contribution in [3.05, 3.63) is 36.4 Å². The Morgan fingerprint density at radius 2 is 1.84 bits per heavy atom. The van der Waals surface area contributed by atoms with Gasteiger partial charge in [0.05, 0.1) is 10.2 Å². The van der Waals surface area contributed by atoms with E-state index in [0.717, 1.165) is 23.2 Å². The minimum atomic E-state index is -0.724. The van der Waals surface area contributed by atoms with E-state index >= 15 is 0 Å². The average Bonchev–Trinajstić information content (AvgIpc) is 3.39. The molecule has 3 heterocycles. The minimum absolute atomic E-state index is 0.160. The molecular weight excluding hydrogens is 418 g/mol. The fourth-order valence-electron chi connectivity index (χ4n) is 3.58. The highest BCUT2D eigenvalue weighted by Gasteiger charge is 2.33. The summed E-state index contributed by atoms with van der Waals surface area (Å²) in [6.07, 6.45) is 0.0830. The summed E-state index contributed by atoms with van der Waals surface area (Å²) < 4.78 is 23.6. The third kappa shape index (κ3) is 3.98. The predicted molar refractivity (Wildman–Crippen MR) is 118 cm³/mol. The lowest BCUT2D eigenvalue weighted by Crippen LogP contribution is -2.47. The molecule has 162 valence electrons. The summed E-state index contributed by atoms with van der Waals surface area (Å²) in [7, 11) is 4.03. The standard InChI is InChI=1S/C22H23N3O5S/c1-24(2)8-5-9-25(21(26)19-12-27-15-6-3-4-7-16(15)30-19)22-23-14-10-17-18(29-13-28-17)11-20(14)31-22/h3-4,6-7,10-11,19H,5,8-9,12-13H2,1-2H3/t19-/m0/s1. The zero-order valence-corrected chi connectivity index (χ0v) is 18.2. The van der Waals surface area contributed by atoms with Crippen molar-refractivity contribution in [2.75, 3.05) is 45.5 Å². The second-order valence-corrected chi connectivity index (χ2v) is 8.69. The summed E-state index contributed by atoms with van der Waals surface area (Å²) in [4.78, 5) is 22.0. The van der Waals surface area contributed by atoms with E-state index in [2.05, 4.69) is 4.90 Å². The highest BCUT2D eigenvalue weighted by molar-refractivity contribution is 7.22. The Balaban J connectivity index is 1.42. The summed E-state index contributed by atoms with van der Waals surface area (Å²) in [5, 5.41) is 0.630. The second kappa shape index (κ2) is 8.24. The van der Waals surface area contributed by atoms with E-state index in [1.165, 1.54) is 11.3 Å². The van der Waals surface area contributed by atoms with Crippen LogP contribution in [0.1, 0.15) is 6.42 Å². The second-order valence-electron chi connectivity index (χ2n) is 7.68. The molecule has 0 bridgehead atoms. The van der Waals surface area contributed by atoms with Crippen LogP contribution in [0.2, 0.25) is 0 Å². The third-order valence-electron chi connectivity index (χ3n) is 5.14. The van der Waals surface area contributed by atoms with Gasteiger partial charge in [0.2, 0.25) is 12.9 Å². The highest BCUT2D eigenvalue weighted by atomic mass is 32.1. The van der Waals surface area contributed by atoms with E-state index in [0.29, 0.717) is 34.7 Å². The van der Waals surface area contributed by atoms with E-state index < -0.39 is 6.10 Å². The van der Waals surface area contributed by atoms with Gasteiger partial charge in [0, 0.05) is 18.7 Å². The van der Waals surface area contributed by atoms with Crippen molar-refractivity contribution >= 4 is 32.6 Å². The lowest BCUT2D eigenvalue weighted by atomic mass is 10.2. The zero-order chi connectivity index (χ0) is 21.4. The molecule has 0 unspecified atom stereocenters. The van der Waals surface area contributed by atoms with Gasteiger partial charge < -0.3 is 23.8 Å². The number of nitrogens with zero attached hydrogens (tertiary/aromatic N) is 3. The number of aromatic nitrogens is 1. The number of rotatable bonds is 6. The van der Waals surface area contributed by atoms with E-state index in [4.69, 9.17) is 23.9 Å². The van der Waals surface area contributed by atoms with Crippen LogP contribution in [-0.4, -0.2) is 62.5 Å². The fraction of sp³-hybridized carbons (Fsp3) is 0.364. The average molecular weight is 442 g/mol. The SMILES string of the molecule is CN(C)CCCN(C(=O)[C@@H]1COc2ccccc2O1)c1nc2cc3c(cc2s1)OCO3. The number of hydrogen-bond donors (Lipinski definition) is 0. The number of carbonyl (C=O) groups is 1. The number of fused-ring (bicyclic) bond motifs is 3. The third-order valence-corrected chi connectivity index (χ3v) is 6.18. The monoisotopic (exact) mass is 441 g/mol. The Hall–Kier alpha value is -3.04. The Morgan fingerprint density at radius 1 is 1.06 bits per heavy atom. The van der Waals surface area contributed by atoms with Crippen molar-refractivity contribution in [3.63, 3.8) is 0 Å². The van der Waals surface area contributed by atoms with Gasteiger partial charge in [0.1, 0.15) is 6.61 Å². The van der Waals surface area contributed by atoms with Gasteiger partial charge in [0.15, 0.2) is 28.1 Å². The number of amides is 1. The van der Waals surface area contributed by atoms with E-state index in [1.54, 1.807) is 4.90 Å². The van der Waals surface area contributed by atoms with E-state index in [9.17, 15) is 4.79 Å². The number of hydrogen-bond acceptors (Lipinski definition) is 8. The van der Waals surface area contributed by atoms with Crippen molar-refractivity contribution in [3.8, 4) is 23.0 Å². The van der Waals surface area contributed by atoms with Crippen LogP contribution in [0.15, 0.2) is 36.4 Å². The molecule has 3 aromatic rings. The van der Waals surface area contributed by atoms with E-state index in [1.807, 2.05) is 50.5 Å². The summed E-state index contributed by atoms with van der Waals surface area (Å²) in [5.74, 6) is 2.45. The lowest BCUT2D eigenvalue weighted by molar-refractivity contribution is -0.127. The summed E-state index contributed by atoms with van der Waals surface area (Å²) in [6.45, 7) is 1.77. The maximum atomic E-state index is 13.5. The molecule has 0 N–H and O–H groups in total. The van der Waals surface area contributed by atoms with Crippen LogP contribution in [0, 0.1) is 0 Å². The van der Waals surface area contributed by atoms with Crippen LogP contribution < -0.4 is 23.8 Å². The summed E-state index contributed by atoms with van der Waals surface area (Å²) >= 11 is 1.46. The van der Waals surface area contributed by atoms with Crippen LogP contribution in [0.4, 0.5) is 5.13 Å². The van der Waals surface area contributed by atoms with Gasteiger partial charge in [-0.05, 0) is 39.2 Å². The molecule has 0 fully saturated rings. The molecule has 1 atom stereocenters. The Kier molecular flexibility index (Phi) is 5.29. The topological polar surface area (TPSA) is 73.4 Å². The largest absolute Gasteiger partial charge is 0.485 e. The number of thiazole rings is 1. The molecule has 0 radical (unpaired) electrons. The molecular formula is C22H23N3O5S. The molecule has 2 aliphatic heterocycles. The first-order valence-electron chi connectivity index (χ1n) is 10.1. The number of anilines is 1. The normalized spacial score (nSPS) is 16.7. The first kappa shape index (κ1) is 19.9. The minimum Gasteiger partial charge on any atom is -0.485 e. The Labute approximate surface area is 183 Å². The summed E-state index contributed by atoms with van der Waals surface area (Å²) in [5.41, 5.74) is 0.779. The number of carbonyl (C=O) groups excluding carboxylic acids is 1. The van der Waals surface area contributed by atoms with Crippen molar-refractivity contribution in [2.45, 2.75) is 12.5 Å².